The van der Waals surface area contributed by atoms with E-state index in [2.05, 4.69) is 18.7 Å². The Morgan fingerprint density at radius 3 is 2.43 bits per heavy atom. The molecule has 3 heteroatoms. The Morgan fingerprint density at radius 2 is 1.90 bits per heavy atom. The van der Waals surface area contributed by atoms with Gasteiger partial charge >= 0.3 is 0 Å². The first-order chi connectivity index (χ1) is 10.1. The van der Waals surface area contributed by atoms with Crippen molar-refractivity contribution in [1.29, 1.82) is 0 Å². The van der Waals surface area contributed by atoms with Gasteiger partial charge in [0.05, 0.1) is 11.8 Å². The van der Waals surface area contributed by atoms with Crippen LogP contribution in [0.15, 0.2) is 47.6 Å². The monoisotopic (exact) mass is 289 g/mol. The topological polar surface area (TPSA) is 52.8 Å². The Hall–Kier alpha value is -1.61. The number of hydrogen-bond acceptors (Lipinski definition) is 3. The van der Waals surface area contributed by atoms with Gasteiger partial charge in [-0.25, -0.2) is 0 Å². The highest BCUT2D eigenvalue weighted by atomic mass is 16.4. The molecule has 1 aromatic carbocycles. The Kier molecular flexibility index (Phi) is 7.76. The molecule has 0 aliphatic carbocycles. The lowest BCUT2D eigenvalue weighted by atomic mass is 9.87. The average molecular weight is 289 g/mol. The lowest BCUT2D eigenvalue weighted by Gasteiger charge is -2.20. The quantitative estimate of drug-likeness (QED) is 0.306. The number of hydrogen-bond donors (Lipinski definition) is 2. The predicted octanol–water partition coefficient (Wildman–Crippen LogP) is 4.39. The minimum absolute atomic E-state index is 0.346. The number of aliphatic hydroxyl groups excluding tert-OH is 1. The highest BCUT2D eigenvalue weighted by Crippen LogP contribution is 2.24. The van der Waals surface area contributed by atoms with E-state index in [1.165, 1.54) is 0 Å². The highest BCUT2D eigenvalue weighted by molar-refractivity contribution is 6.00. The van der Waals surface area contributed by atoms with Gasteiger partial charge in [0, 0.05) is 0 Å². The summed E-state index contributed by atoms with van der Waals surface area (Å²) in [6, 6.07) is 9.74. The van der Waals surface area contributed by atoms with E-state index in [1.54, 1.807) is 6.92 Å². The van der Waals surface area contributed by atoms with Crippen LogP contribution in [0.5, 0.6) is 0 Å². The van der Waals surface area contributed by atoms with Crippen LogP contribution in [0.25, 0.3) is 0 Å². The van der Waals surface area contributed by atoms with Crippen LogP contribution in [-0.2, 0) is 0 Å². The van der Waals surface area contributed by atoms with Gasteiger partial charge in [0.25, 0.3) is 0 Å². The second-order valence-electron chi connectivity index (χ2n) is 5.66. The van der Waals surface area contributed by atoms with E-state index in [1.807, 2.05) is 30.3 Å². The Balaban J connectivity index is 2.76. The van der Waals surface area contributed by atoms with Crippen LogP contribution in [0.3, 0.4) is 0 Å². The van der Waals surface area contributed by atoms with E-state index >= 15 is 0 Å². The minimum atomic E-state index is -0.486. The van der Waals surface area contributed by atoms with Crippen molar-refractivity contribution in [3.63, 3.8) is 0 Å². The number of oxime groups is 1. The lowest BCUT2D eigenvalue weighted by Crippen LogP contribution is -2.14. The third kappa shape index (κ3) is 6.13. The van der Waals surface area contributed by atoms with Crippen molar-refractivity contribution in [3.05, 3.63) is 48.0 Å². The van der Waals surface area contributed by atoms with E-state index in [-0.39, 0.29) is 0 Å². The van der Waals surface area contributed by atoms with E-state index < -0.39 is 6.10 Å². The van der Waals surface area contributed by atoms with Gasteiger partial charge in [-0.05, 0) is 43.2 Å². The van der Waals surface area contributed by atoms with Gasteiger partial charge in [0.2, 0.25) is 0 Å². The summed E-state index contributed by atoms with van der Waals surface area (Å²) in [6.07, 6.45) is 4.30. The molecule has 0 saturated heterocycles. The summed E-state index contributed by atoms with van der Waals surface area (Å²) in [4.78, 5) is 0. The zero-order valence-electron chi connectivity index (χ0n) is 13.1. The molecule has 3 nitrogen and oxygen atoms in total. The number of rotatable bonds is 9. The second kappa shape index (κ2) is 9.35. The molecule has 0 aromatic heterocycles. The van der Waals surface area contributed by atoms with Gasteiger partial charge in [-0.1, -0.05) is 61.8 Å². The normalized spacial score (nSPS) is 14.7. The van der Waals surface area contributed by atoms with Crippen LogP contribution < -0.4 is 0 Å². The molecule has 0 aliphatic heterocycles. The molecule has 2 atom stereocenters. The first-order valence-electron chi connectivity index (χ1n) is 7.70. The third-order valence-electron chi connectivity index (χ3n) is 3.82. The Labute approximate surface area is 128 Å². The molecule has 1 rings (SSSR count). The van der Waals surface area contributed by atoms with E-state index in [0.29, 0.717) is 18.1 Å². The first-order valence-corrected chi connectivity index (χ1v) is 7.70. The van der Waals surface area contributed by atoms with Crippen molar-refractivity contribution in [2.45, 2.75) is 52.1 Å². The van der Waals surface area contributed by atoms with Crippen molar-refractivity contribution >= 4 is 5.71 Å². The fraction of sp³-hybridized carbons (Fsp3) is 0.500. The molecular weight excluding hydrogens is 262 g/mol. The number of benzene rings is 1. The number of nitrogens with zero attached hydrogens (tertiary/aromatic N) is 1. The molecule has 1 aromatic rings. The second-order valence-corrected chi connectivity index (χ2v) is 5.66. The maximum absolute atomic E-state index is 9.62. The molecule has 0 saturated carbocycles. The van der Waals surface area contributed by atoms with E-state index in [9.17, 15) is 10.3 Å². The van der Waals surface area contributed by atoms with Crippen molar-refractivity contribution in [2.24, 2.45) is 11.1 Å². The summed E-state index contributed by atoms with van der Waals surface area (Å²) in [7, 11) is 0. The van der Waals surface area contributed by atoms with Crippen LogP contribution in [0.1, 0.15) is 51.5 Å². The molecule has 21 heavy (non-hydrogen) atoms. The van der Waals surface area contributed by atoms with Crippen LogP contribution in [0.2, 0.25) is 0 Å². The van der Waals surface area contributed by atoms with Crippen LogP contribution in [0, 0.1) is 5.92 Å². The smallest absolute Gasteiger partial charge is 0.0870 e. The lowest BCUT2D eigenvalue weighted by molar-refractivity contribution is 0.222. The molecular formula is C18H27NO2. The predicted molar refractivity (Wildman–Crippen MR) is 87.8 cm³/mol. The van der Waals surface area contributed by atoms with Crippen molar-refractivity contribution in [1.82, 2.24) is 0 Å². The molecule has 0 fully saturated rings. The van der Waals surface area contributed by atoms with E-state index in [0.717, 1.165) is 36.8 Å². The van der Waals surface area contributed by atoms with E-state index in [4.69, 9.17) is 0 Å². The largest absolute Gasteiger partial charge is 0.411 e. The van der Waals surface area contributed by atoms with Gasteiger partial charge in [-0.3, -0.25) is 0 Å². The summed E-state index contributed by atoms with van der Waals surface area (Å²) in [6.45, 7) is 7.87. The van der Waals surface area contributed by atoms with Crippen molar-refractivity contribution in [2.75, 3.05) is 0 Å². The number of aliphatic hydroxyl groups is 1. The molecule has 0 heterocycles. The Morgan fingerprint density at radius 1 is 1.24 bits per heavy atom. The van der Waals surface area contributed by atoms with Gasteiger partial charge in [0.15, 0.2) is 0 Å². The fourth-order valence-corrected chi connectivity index (χ4v) is 2.43. The molecule has 0 radical (unpaired) electrons. The minimum Gasteiger partial charge on any atom is -0.411 e. The Bertz CT molecular complexity index is 452. The maximum Gasteiger partial charge on any atom is 0.0870 e. The molecule has 2 unspecified atom stereocenters. The van der Waals surface area contributed by atoms with Crippen molar-refractivity contribution < 1.29 is 10.3 Å². The van der Waals surface area contributed by atoms with Crippen LogP contribution in [0.4, 0.5) is 0 Å². The number of unbranched alkanes of at least 4 members (excludes halogenated alkanes) is 1. The average Bonchev–Trinajstić information content (AvgIpc) is 2.50. The van der Waals surface area contributed by atoms with Crippen molar-refractivity contribution in [3.8, 4) is 0 Å². The molecule has 0 bridgehead atoms. The zero-order chi connectivity index (χ0) is 15.7. The van der Waals surface area contributed by atoms with Gasteiger partial charge < -0.3 is 10.3 Å². The summed E-state index contributed by atoms with van der Waals surface area (Å²) < 4.78 is 0. The standard InChI is InChI=1S/C18H27NO2/c1-4-5-9-16(12-14(2)15(3)20)13-18(19-21)17-10-7-6-8-11-17/h6-8,10-11,15-16,20-21H,2,4-5,9,12-13H2,1,3H3. The molecule has 2 N–H and O–H groups in total. The van der Waals surface area contributed by atoms with Gasteiger partial charge in [0.1, 0.15) is 0 Å². The fourth-order valence-electron chi connectivity index (χ4n) is 2.43. The molecule has 0 aliphatic rings. The van der Waals surface area contributed by atoms with Gasteiger partial charge in [-0.2, -0.15) is 0 Å². The van der Waals surface area contributed by atoms with Crippen LogP contribution in [-0.4, -0.2) is 22.1 Å². The maximum atomic E-state index is 9.62. The zero-order valence-corrected chi connectivity index (χ0v) is 13.1. The third-order valence-corrected chi connectivity index (χ3v) is 3.82. The summed E-state index contributed by atoms with van der Waals surface area (Å²) in [5.74, 6) is 0.346. The highest BCUT2D eigenvalue weighted by Gasteiger charge is 2.17. The molecule has 0 amide bonds. The summed E-state index contributed by atoms with van der Waals surface area (Å²) >= 11 is 0. The van der Waals surface area contributed by atoms with Gasteiger partial charge in [-0.15, -0.1) is 0 Å². The SMILES string of the molecule is C=C(CC(CCCC)CC(=NO)c1ccccc1)C(C)O. The molecule has 0 spiro atoms. The molecule has 116 valence electrons. The summed E-state index contributed by atoms with van der Waals surface area (Å²) in [5.41, 5.74) is 2.50. The first kappa shape index (κ1) is 17.4. The van der Waals surface area contributed by atoms with Crippen LogP contribution >= 0.6 is 0 Å². The summed E-state index contributed by atoms with van der Waals surface area (Å²) in [5, 5.41) is 22.4.